The number of methoxy groups -OCH3 is 1. The van der Waals surface area contributed by atoms with Crippen LogP contribution in [0, 0.1) is 0 Å². The van der Waals surface area contributed by atoms with Crippen molar-refractivity contribution in [2.75, 3.05) is 50.7 Å². The molecule has 1 N–H and O–H groups in total. The first-order valence-electron chi connectivity index (χ1n) is 13.0. The van der Waals surface area contributed by atoms with Gasteiger partial charge in [0.2, 0.25) is 11.9 Å². The van der Waals surface area contributed by atoms with Gasteiger partial charge in [-0.3, -0.25) is 9.36 Å². The average Bonchev–Trinajstić information content (AvgIpc) is 3.37. The van der Waals surface area contributed by atoms with Gasteiger partial charge in [0.05, 0.1) is 31.4 Å². The third kappa shape index (κ3) is 5.67. The number of aromatic nitrogens is 4. The Bertz CT molecular complexity index is 1490. The topological polar surface area (TPSA) is 97.6 Å². The molecule has 1 aliphatic heterocycles. The van der Waals surface area contributed by atoms with Gasteiger partial charge in [0.15, 0.2) is 5.82 Å². The van der Waals surface area contributed by atoms with Gasteiger partial charge in [0.1, 0.15) is 23.4 Å². The maximum Gasteiger partial charge on any atom is 0.296 e. The number of amides is 1. The molecule has 2 aromatic carbocycles. The second-order valence-corrected chi connectivity index (χ2v) is 9.47. The Balaban J connectivity index is 1.47. The number of anilines is 2. The van der Waals surface area contributed by atoms with Crippen LogP contribution in [0.15, 0.2) is 54.6 Å². The summed E-state index contributed by atoms with van der Waals surface area (Å²) in [4.78, 5) is 30.3. The van der Waals surface area contributed by atoms with Crippen molar-refractivity contribution in [3.8, 4) is 11.6 Å². The van der Waals surface area contributed by atoms with Crippen molar-refractivity contribution in [3.63, 3.8) is 0 Å². The predicted molar refractivity (Wildman–Crippen MR) is 147 cm³/mol. The zero-order valence-corrected chi connectivity index (χ0v) is 22.6. The van der Waals surface area contributed by atoms with Gasteiger partial charge in [0.25, 0.3) is 6.43 Å². The van der Waals surface area contributed by atoms with Crippen LogP contribution in [0.25, 0.3) is 16.9 Å². The molecule has 4 aromatic rings. The van der Waals surface area contributed by atoms with E-state index in [1.54, 1.807) is 56.3 Å². The number of likely N-dealkylation sites (N-methyl/N-ethyl adjacent to an activating group) is 1. The summed E-state index contributed by atoms with van der Waals surface area (Å²) in [5, 5.41) is 3.09. The molecule has 0 saturated carbocycles. The number of halogens is 2. The number of imidazole rings is 1. The Labute approximate surface area is 230 Å². The van der Waals surface area contributed by atoms with Crippen molar-refractivity contribution in [2.24, 2.45) is 0 Å². The minimum Gasteiger partial charge on any atom is -0.496 e. The van der Waals surface area contributed by atoms with Crippen molar-refractivity contribution < 1.29 is 23.0 Å². The van der Waals surface area contributed by atoms with E-state index >= 15 is 0 Å². The van der Waals surface area contributed by atoms with Gasteiger partial charge in [-0.2, -0.15) is 9.97 Å². The van der Waals surface area contributed by atoms with Gasteiger partial charge in [0, 0.05) is 38.3 Å². The highest BCUT2D eigenvalue weighted by Crippen LogP contribution is 2.29. The normalized spacial score (nSPS) is 14.4. The Morgan fingerprint density at radius 1 is 1.07 bits per heavy atom. The lowest BCUT2D eigenvalue weighted by Crippen LogP contribution is -2.39. The van der Waals surface area contributed by atoms with E-state index in [2.05, 4.69) is 20.3 Å². The summed E-state index contributed by atoms with van der Waals surface area (Å²) in [6, 6.07) is 15.4. The summed E-state index contributed by atoms with van der Waals surface area (Å²) in [6.07, 6.45) is -2.82. The van der Waals surface area contributed by atoms with Crippen LogP contribution >= 0.6 is 0 Å². The van der Waals surface area contributed by atoms with Crippen LogP contribution in [0.5, 0.6) is 5.75 Å². The van der Waals surface area contributed by atoms with Crippen LogP contribution < -0.4 is 15.0 Å². The van der Waals surface area contributed by atoms with Crippen LogP contribution in [0.4, 0.5) is 20.5 Å². The van der Waals surface area contributed by atoms with Crippen LogP contribution in [0.1, 0.15) is 24.7 Å². The molecule has 40 heavy (non-hydrogen) atoms. The number of benzene rings is 2. The molecule has 1 saturated heterocycles. The molecule has 0 unspecified atom stereocenters. The lowest BCUT2D eigenvalue weighted by atomic mass is 10.2. The zero-order chi connectivity index (χ0) is 28.2. The third-order valence-electron chi connectivity index (χ3n) is 6.74. The molecule has 1 fully saturated rings. The minimum absolute atomic E-state index is 0.142. The Kier molecular flexibility index (Phi) is 8.06. The molecule has 12 heteroatoms. The number of ether oxygens (including phenoxy) is 2. The lowest BCUT2D eigenvalue weighted by Gasteiger charge is -2.29. The molecule has 210 valence electrons. The summed E-state index contributed by atoms with van der Waals surface area (Å²) in [7, 11) is 3.29. The number of carbonyl (C=O) groups is 1. The van der Waals surface area contributed by atoms with Gasteiger partial charge >= 0.3 is 0 Å². The Hall–Kier alpha value is -4.32. The van der Waals surface area contributed by atoms with E-state index in [4.69, 9.17) is 9.47 Å². The quantitative estimate of drug-likeness (QED) is 0.333. The number of alkyl halides is 2. The lowest BCUT2D eigenvalue weighted by molar-refractivity contribution is -0.130. The fourth-order valence-electron chi connectivity index (χ4n) is 4.74. The summed E-state index contributed by atoms with van der Waals surface area (Å²) in [6.45, 7) is 4.25. The maximum atomic E-state index is 14.1. The second kappa shape index (κ2) is 11.8. The highest BCUT2D eigenvalue weighted by atomic mass is 19.3. The van der Waals surface area contributed by atoms with Crippen molar-refractivity contribution in [2.45, 2.75) is 25.9 Å². The molecule has 1 atom stereocenters. The van der Waals surface area contributed by atoms with E-state index in [9.17, 15) is 13.6 Å². The number of hydrogen-bond donors (Lipinski definition) is 1. The second-order valence-electron chi connectivity index (χ2n) is 9.47. The van der Waals surface area contributed by atoms with Gasteiger partial charge in [-0.25, -0.2) is 13.8 Å². The summed E-state index contributed by atoms with van der Waals surface area (Å²) in [5.74, 6) is 0.981. The Morgan fingerprint density at radius 3 is 2.52 bits per heavy atom. The predicted octanol–water partition coefficient (Wildman–Crippen LogP) is 4.06. The number of carbonyl (C=O) groups excluding carboxylic acids is 1. The van der Waals surface area contributed by atoms with E-state index < -0.39 is 18.3 Å². The molecule has 0 bridgehead atoms. The first-order chi connectivity index (χ1) is 19.4. The molecule has 5 rings (SSSR count). The van der Waals surface area contributed by atoms with Crippen molar-refractivity contribution >= 4 is 28.7 Å². The van der Waals surface area contributed by atoms with Gasteiger partial charge in [-0.15, -0.1) is 0 Å². The van der Waals surface area contributed by atoms with E-state index in [-0.39, 0.29) is 17.7 Å². The summed E-state index contributed by atoms with van der Waals surface area (Å²) < 4.78 is 40.5. The van der Waals surface area contributed by atoms with E-state index in [1.807, 2.05) is 29.2 Å². The number of para-hydroxylation sites is 3. The molecule has 0 aliphatic carbocycles. The van der Waals surface area contributed by atoms with E-state index in [0.717, 1.165) is 5.56 Å². The van der Waals surface area contributed by atoms with Crippen molar-refractivity contribution in [1.82, 2.24) is 24.4 Å². The maximum absolute atomic E-state index is 14.1. The third-order valence-corrected chi connectivity index (χ3v) is 6.74. The highest BCUT2D eigenvalue weighted by molar-refractivity contribution is 5.84. The van der Waals surface area contributed by atoms with Crippen molar-refractivity contribution in [1.29, 1.82) is 0 Å². The van der Waals surface area contributed by atoms with Gasteiger partial charge in [-0.05, 0) is 25.1 Å². The molecule has 0 spiro atoms. The number of nitrogens with one attached hydrogen (secondary N) is 1. The van der Waals surface area contributed by atoms with Crippen LogP contribution in [-0.4, -0.2) is 76.8 Å². The average molecular weight is 552 g/mol. The van der Waals surface area contributed by atoms with E-state index in [1.165, 1.54) is 4.57 Å². The molecule has 2 aromatic heterocycles. The van der Waals surface area contributed by atoms with Gasteiger partial charge < -0.3 is 24.6 Å². The number of fused-ring (bicyclic) bond motifs is 1. The number of hydrogen-bond acceptors (Lipinski definition) is 8. The molecule has 1 aliphatic rings. The summed E-state index contributed by atoms with van der Waals surface area (Å²) in [5.41, 5.74) is 1.80. The number of morpholine rings is 1. The van der Waals surface area contributed by atoms with Crippen LogP contribution in [-0.2, 0) is 16.1 Å². The van der Waals surface area contributed by atoms with E-state index in [0.29, 0.717) is 55.4 Å². The molecule has 10 nitrogen and oxygen atoms in total. The molecule has 3 heterocycles. The Morgan fingerprint density at radius 2 is 1.77 bits per heavy atom. The smallest absolute Gasteiger partial charge is 0.296 e. The zero-order valence-electron chi connectivity index (χ0n) is 22.6. The molecule has 0 radical (unpaired) electrons. The largest absolute Gasteiger partial charge is 0.496 e. The highest BCUT2D eigenvalue weighted by Gasteiger charge is 2.25. The molecule has 1 amide bonds. The molecular weight excluding hydrogens is 520 g/mol. The fourth-order valence-corrected chi connectivity index (χ4v) is 4.74. The van der Waals surface area contributed by atoms with Crippen LogP contribution in [0.3, 0.4) is 0 Å². The van der Waals surface area contributed by atoms with Gasteiger partial charge in [-0.1, -0.05) is 30.3 Å². The fraction of sp³-hybridized carbons (Fsp3) is 0.357. The molecular formula is C28H31F2N7O3. The number of rotatable bonds is 9. The standard InChI is InChI=1S/C28H31F2N7O3/c1-18(27(38)35(2)17-19-8-4-7-11-22(19)39-3)31-28-33-23(36-12-14-40-15-13-36)16-24(34-28)37-21-10-6-5-9-20(21)32-26(37)25(29)30/h4-11,16,18,25H,12-15,17H2,1-3H3,(H,31,33,34)/t18-/m0/s1. The minimum atomic E-state index is -2.82. The first kappa shape index (κ1) is 27.3. The van der Waals surface area contributed by atoms with Crippen LogP contribution in [0.2, 0.25) is 0 Å². The monoisotopic (exact) mass is 551 g/mol. The summed E-state index contributed by atoms with van der Waals surface area (Å²) >= 11 is 0. The van der Waals surface area contributed by atoms with Crippen molar-refractivity contribution in [3.05, 3.63) is 66.0 Å². The SMILES string of the molecule is COc1ccccc1CN(C)C(=O)[C@H](C)Nc1nc(N2CCOCC2)cc(-n2c(C(F)F)nc3ccccc32)n1. The number of nitrogens with zero attached hydrogens (tertiary/aromatic N) is 6. The first-order valence-corrected chi connectivity index (χ1v) is 13.0.